The molecule has 2 aromatic carbocycles. The van der Waals surface area contributed by atoms with E-state index in [4.69, 9.17) is 5.11 Å². The summed E-state index contributed by atoms with van der Waals surface area (Å²) in [5.41, 5.74) is 3.01. The number of aliphatic carboxylic acids is 1. The van der Waals surface area contributed by atoms with E-state index in [0.717, 1.165) is 37.4 Å². The zero-order valence-corrected chi connectivity index (χ0v) is 20.3. The fourth-order valence-corrected chi connectivity index (χ4v) is 4.98. The Morgan fingerprint density at radius 2 is 1.86 bits per heavy atom. The molecule has 2 aliphatic heterocycles. The Hall–Kier alpha value is -3.82. The van der Waals surface area contributed by atoms with Crippen LogP contribution < -0.4 is 15.5 Å². The number of rotatable bonds is 7. The van der Waals surface area contributed by atoms with Gasteiger partial charge in [0.2, 0.25) is 5.95 Å². The first-order chi connectivity index (χ1) is 17.7. The van der Waals surface area contributed by atoms with Crippen LogP contribution in [0.4, 0.5) is 30.5 Å². The van der Waals surface area contributed by atoms with Gasteiger partial charge in [0, 0.05) is 56.4 Å². The first-order valence-electron chi connectivity index (χ1n) is 12.3. The van der Waals surface area contributed by atoms with Crippen LogP contribution in [0.1, 0.15) is 54.6 Å². The van der Waals surface area contributed by atoms with Crippen LogP contribution in [0, 0.1) is 11.7 Å². The fourth-order valence-electron chi connectivity index (χ4n) is 4.98. The van der Waals surface area contributed by atoms with E-state index in [1.165, 1.54) is 18.2 Å². The van der Waals surface area contributed by atoms with E-state index >= 15 is 4.39 Å². The third kappa shape index (κ3) is 5.63. The van der Waals surface area contributed by atoms with Crippen molar-refractivity contribution in [2.75, 3.05) is 28.6 Å². The molecule has 1 aromatic heterocycles. The number of fused-ring (bicyclic) bond motifs is 1. The quantitative estimate of drug-likeness (QED) is 0.383. The molecule has 7 nitrogen and oxygen atoms in total. The molecule has 2 atom stereocenters. The van der Waals surface area contributed by atoms with Gasteiger partial charge in [-0.3, -0.25) is 4.79 Å². The van der Waals surface area contributed by atoms with Crippen LogP contribution in [0.3, 0.4) is 0 Å². The molecule has 0 aliphatic carbocycles. The highest BCUT2D eigenvalue weighted by Gasteiger charge is 2.29. The third-order valence-corrected chi connectivity index (χ3v) is 6.87. The second kappa shape index (κ2) is 9.91. The minimum atomic E-state index is -2.96. The molecule has 3 heterocycles. The van der Waals surface area contributed by atoms with Gasteiger partial charge in [-0.2, -0.15) is 0 Å². The number of carboxylic acids is 1. The largest absolute Gasteiger partial charge is 0.481 e. The van der Waals surface area contributed by atoms with Crippen molar-refractivity contribution < 1.29 is 23.1 Å². The molecule has 0 spiro atoms. The van der Waals surface area contributed by atoms with Gasteiger partial charge in [0.05, 0.1) is 11.4 Å². The molecule has 0 saturated carbocycles. The minimum Gasteiger partial charge on any atom is -0.481 e. The number of hydrogen-bond donors (Lipinski definition) is 3. The van der Waals surface area contributed by atoms with E-state index in [9.17, 15) is 13.6 Å². The molecule has 5 rings (SSSR count). The number of benzene rings is 2. The van der Waals surface area contributed by atoms with Gasteiger partial charge in [-0.05, 0) is 48.1 Å². The second-order valence-corrected chi connectivity index (χ2v) is 9.85. The van der Waals surface area contributed by atoms with E-state index < -0.39 is 23.9 Å². The summed E-state index contributed by atoms with van der Waals surface area (Å²) >= 11 is 0. The van der Waals surface area contributed by atoms with Crippen molar-refractivity contribution in [3.8, 4) is 0 Å². The topological polar surface area (TPSA) is 90.4 Å². The average molecular weight is 512 g/mol. The van der Waals surface area contributed by atoms with Crippen molar-refractivity contribution in [2.45, 2.75) is 44.7 Å². The van der Waals surface area contributed by atoms with Crippen molar-refractivity contribution in [3.05, 3.63) is 76.9 Å². The van der Waals surface area contributed by atoms with Gasteiger partial charge >= 0.3 is 5.97 Å². The molecule has 2 aliphatic rings. The zero-order valence-electron chi connectivity index (χ0n) is 20.3. The molecule has 3 aromatic rings. The summed E-state index contributed by atoms with van der Waals surface area (Å²) in [5, 5.41) is 15.3. The molecule has 0 bridgehead atoms. The first kappa shape index (κ1) is 24.9. The molecule has 37 heavy (non-hydrogen) atoms. The highest BCUT2D eigenvalue weighted by atomic mass is 19.3. The highest BCUT2D eigenvalue weighted by molar-refractivity contribution is 5.76. The van der Waals surface area contributed by atoms with Crippen LogP contribution in [-0.4, -0.2) is 34.1 Å². The monoisotopic (exact) mass is 511 g/mol. The molecule has 1 saturated heterocycles. The van der Waals surface area contributed by atoms with Crippen LogP contribution in [0.25, 0.3) is 0 Å². The number of halogens is 3. The number of alkyl halides is 2. The van der Waals surface area contributed by atoms with Gasteiger partial charge in [0.15, 0.2) is 0 Å². The maximum Gasteiger partial charge on any atom is 0.303 e. The van der Waals surface area contributed by atoms with Gasteiger partial charge in [-0.25, -0.2) is 23.1 Å². The van der Waals surface area contributed by atoms with E-state index in [-0.39, 0.29) is 17.9 Å². The van der Waals surface area contributed by atoms with Crippen LogP contribution in [0.5, 0.6) is 0 Å². The van der Waals surface area contributed by atoms with Crippen LogP contribution >= 0.6 is 0 Å². The smallest absolute Gasteiger partial charge is 0.303 e. The zero-order chi connectivity index (χ0) is 26.2. The SMILES string of the molecule is CC(F)(F)c1ccc2c(c1)NC(c1ccc(Cc3cnc(N4CCCC(CC(=O)O)C4)nc3)cc1F)N2. The predicted octanol–water partition coefficient (Wildman–Crippen LogP) is 5.55. The lowest BCUT2D eigenvalue weighted by atomic mass is 9.95. The Kier molecular flexibility index (Phi) is 6.66. The van der Waals surface area contributed by atoms with Gasteiger partial charge in [0.1, 0.15) is 12.0 Å². The summed E-state index contributed by atoms with van der Waals surface area (Å²) in [6.45, 7) is 2.25. The average Bonchev–Trinajstić information content (AvgIpc) is 3.27. The second-order valence-electron chi connectivity index (χ2n) is 9.85. The number of nitrogens with zero attached hydrogens (tertiary/aromatic N) is 3. The Morgan fingerprint density at radius 3 is 2.57 bits per heavy atom. The maximum atomic E-state index is 15.1. The Labute approximate surface area is 212 Å². The molecule has 1 fully saturated rings. The van der Waals surface area contributed by atoms with E-state index in [2.05, 4.69) is 20.6 Å². The fraction of sp³-hybridized carbons (Fsp3) is 0.370. The van der Waals surface area contributed by atoms with Gasteiger partial charge in [0.25, 0.3) is 5.92 Å². The summed E-state index contributed by atoms with van der Waals surface area (Å²) in [5.74, 6) is -3.50. The number of carbonyl (C=O) groups is 1. The van der Waals surface area contributed by atoms with E-state index in [1.807, 2.05) is 11.0 Å². The lowest BCUT2D eigenvalue weighted by Gasteiger charge is -2.32. The number of piperidine rings is 1. The highest BCUT2D eigenvalue weighted by Crippen LogP contribution is 2.39. The Balaban J connectivity index is 1.23. The molecule has 3 N–H and O–H groups in total. The van der Waals surface area contributed by atoms with Crippen molar-refractivity contribution in [1.29, 1.82) is 0 Å². The number of hydrogen-bond acceptors (Lipinski definition) is 6. The first-order valence-corrected chi connectivity index (χ1v) is 12.3. The standard InChI is InChI=1S/C27H28F3N5O2/c1-27(29,30)19-5-7-22-23(12-19)34-25(33-22)20-6-4-16(10-21(20)28)9-18-13-31-26(32-14-18)35-8-2-3-17(15-35)11-24(36)37/h4-7,10,12-14,17,25,33-34H,2-3,8-9,11,15H2,1H3,(H,36,37). The Morgan fingerprint density at radius 1 is 1.11 bits per heavy atom. The van der Waals surface area contributed by atoms with Gasteiger partial charge in [-0.15, -0.1) is 0 Å². The number of carboxylic acid groups (broad SMARTS) is 1. The number of anilines is 3. The molecule has 2 unspecified atom stereocenters. The summed E-state index contributed by atoms with van der Waals surface area (Å²) in [4.78, 5) is 22.0. The van der Waals surface area contributed by atoms with E-state index in [0.29, 0.717) is 35.9 Å². The summed E-state index contributed by atoms with van der Waals surface area (Å²) < 4.78 is 42.4. The van der Waals surface area contributed by atoms with Crippen molar-refractivity contribution in [1.82, 2.24) is 9.97 Å². The van der Waals surface area contributed by atoms with Gasteiger partial charge in [-0.1, -0.05) is 18.2 Å². The van der Waals surface area contributed by atoms with Crippen molar-refractivity contribution in [2.24, 2.45) is 5.92 Å². The summed E-state index contributed by atoms with van der Waals surface area (Å²) in [6.07, 6.45) is 5.23. The van der Waals surface area contributed by atoms with Crippen LogP contribution in [-0.2, 0) is 17.1 Å². The predicted molar refractivity (Wildman–Crippen MR) is 134 cm³/mol. The lowest BCUT2D eigenvalue weighted by Crippen LogP contribution is -2.37. The van der Waals surface area contributed by atoms with Crippen LogP contribution in [0.15, 0.2) is 48.8 Å². The molecule has 0 radical (unpaired) electrons. The lowest BCUT2D eigenvalue weighted by molar-refractivity contribution is -0.138. The Bertz CT molecular complexity index is 1300. The van der Waals surface area contributed by atoms with E-state index in [1.54, 1.807) is 24.5 Å². The normalized spacial score (nSPS) is 19.2. The summed E-state index contributed by atoms with van der Waals surface area (Å²) in [7, 11) is 0. The van der Waals surface area contributed by atoms with Crippen molar-refractivity contribution >= 4 is 23.3 Å². The molecular weight excluding hydrogens is 483 g/mol. The third-order valence-electron chi connectivity index (χ3n) is 6.87. The van der Waals surface area contributed by atoms with Crippen molar-refractivity contribution in [3.63, 3.8) is 0 Å². The number of aromatic nitrogens is 2. The number of nitrogens with one attached hydrogen (secondary N) is 2. The molecule has 0 amide bonds. The van der Waals surface area contributed by atoms with Crippen LogP contribution in [0.2, 0.25) is 0 Å². The molecule has 194 valence electrons. The minimum absolute atomic E-state index is 0.0855. The molecular formula is C27H28F3N5O2. The molecule has 10 heteroatoms. The maximum absolute atomic E-state index is 15.1. The van der Waals surface area contributed by atoms with Gasteiger partial charge < -0.3 is 20.6 Å². The summed E-state index contributed by atoms with van der Waals surface area (Å²) in [6, 6.07) is 9.29.